The van der Waals surface area contributed by atoms with Gasteiger partial charge in [0.1, 0.15) is 5.82 Å². The molecular formula is C13H18N2O2. The van der Waals surface area contributed by atoms with Crippen LogP contribution >= 0.6 is 0 Å². The van der Waals surface area contributed by atoms with Gasteiger partial charge in [0.2, 0.25) is 0 Å². The smallest absolute Gasteiger partial charge is 0.311 e. The summed E-state index contributed by atoms with van der Waals surface area (Å²) in [6.07, 6.45) is 5.33. The van der Waals surface area contributed by atoms with E-state index in [4.69, 9.17) is 0 Å². The molecule has 0 unspecified atom stereocenters. The van der Waals surface area contributed by atoms with Crippen molar-refractivity contribution in [2.75, 3.05) is 11.9 Å². The van der Waals surface area contributed by atoms with E-state index < -0.39 is 11.4 Å². The molecule has 1 aromatic rings. The number of aliphatic carboxylic acids is 1. The van der Waals surface area contributed by atoms with Gasteiger partial charge in [0.25, 0.3) is 0 Å². The molecule has 0 amide bonds. The van der Waals surface area contributed by atoms with Gasteiger partial charge in [0.05, 0.1) is 5.41 Å². The van der Waals surface area contributed by atoms with Crippen LogP contribution in [0.1, 0.15) is 31.2 Å². The quantitative estimate of drug-likeness (QED) is 0.840. The first kappa shape index (κ1) is 11.9. The highest BCUT2D eigenvalue weighted by Gasteiger charge is 2.41. The number of anilines is 1. The number of aromatic nitrogens is 1. The van der Waals surface area contributed by atoms with Crippen LogP contribution in [0.15, 0.2) is 18.3 Å². The molecule has 1 fully saturated rings. The maximum absolute atomic E-state index is 11.3. The third kappa shape index (κ3) is 2.57. The predicted molar refractivity (Wildman–Crippen MR) is 66.0 cm³/mol. The summed E-state index contributed by atoms with van der Waals surface area (Å²) < 4.78 is 0. The first-order chi connectivity index (χ1) is 8.12. The topological polar surface area (TPSA) is 62.2 Å². The summed E-state index contributed by atoms with van der Waals surface area (Å²) in [4.78, 5) is 15.6. The summed E-state index contributed by atoms with van der Waals surface area (Å²) in [7, 11) is 0. The Hall–Kier alpha value is -1.58. The number of rotatable bonds is 4. The highest BCUT2D eigenvalue weighted by molar-refractivity contribution is 5.75. The zero-order valence-corrected chi connectivity index (χ0v) is 10.1. The fourth-order valence-corrected chi connectivity index (χ4v) is 2.35. The minimum absolute atomic E-state index is 0.471. The first-order valence-electron chi connectivity index (χ1n) is 6.02. The van der Waals surface area contributed by atoms with Crippen molar-refractivity contribution < 1.29 is 9.90 Å². The lowest BCUT2D eigenvalue weighted by Gasteiger charge is -2.24. The molecule has 0 atom stereocenters. The summed E-state index contributed by atoms with van der Waals surface area (Å²) in [5.41, 5.74) is 0.511. The van der Waals surface area contributed by atoms with E-state index in [1.54, 1.807) is 6.20 Å². The lowest BCUT2D eigenvalue weighted by Crippen LogP contribution is -2.35. The molecule has 17 heavy (non-hydrogen) atoms. The number of carbonyl (C=O) groups is 1. The summed E-state index contributed by atoms with van der Waals surface area (Å²) >= 11 is 0. The summed E-state index contributed by atoms with van der Waals surface area (Å²) in [6, 6.07) is 3.86. The molecule has 1 saturated carbocycles. The number of nitrogens with one attached hydrogen (secondary N) is 1. The van der Waals surface area contributed by atoms with Gasteiger partial charge in [-0.25, -0.2) is 4.98 Å². The van der Waals surface area contributed by atoms with Crippen LogP contribution < -0.4 is 5.32 Å². The molecule has 2 N–H and O–H groups in total. The van der Waals surface area contributed by atoms with Crippen LogP contribution in [-0.4, -0.2) is 22.6 Å². The molecule has 0 spiro atoms. The number of hydrogen-bond donors (Lipinski definition) is 2. The average molecular weight is 234 g/mol. The van der Waals surface area contributed by atoms with E-state index in [0.29, 0.717) is 6.54 Å². The largest absolute Gasteiger partial charge is 0.481 e. The molecule has 1 aliphatic carbocycles. The number of aryl methyl sites for hydroxylation is 1. The lowest BCUT2D eigenvalue weighted by atomic mass is 9.86. The molecule has 2 rings (SSSR count). The Morgan fingerprint density at radius 1 is 1.47 bits per heavy atom. The second-order valence-electron chi connectivity index (χ2n) is 4.87. The van der Waals surface area contributed by atoms with Crippen molar-refractivity contribution in [1.82, 2.24) is 4.98 Å². The van der Waals surface area contributed by atoms with Crippen LogP contribution in [0.3, 0.4) is 0 Å². The molecule has 1 aromatic heterocycles. The van der Waals surface area contributed by atoms with Crippen molar-refractivity contribution in [3.63, 3.8) is 0 Å². The Bertz CT molecular complexity index is 394. The van der Waals surface area contributed by atoms with Gasteiger partial charge in [-0.1, -0.05) is 18.9 Å². The van der Waals surface area contributed by atoms with Gasteiger partial charge in [0, 0.05) is 12.7 Å². The van der Waals surface area contributed by atoms with Crippen LogP contribution in [0.2, 0.25) is 0 Å². The Kier molecular flexibility index (Phi) is 3.31. The Morgan fingerprint density at radius 2 is 2.18 bits per heavy atom. The van der Waals surface area contributed by atoms with E-state index in [2.05, 4.69) is 10.3 Å². The van der Waals surface area contributed by atoms with Gasteiger partial charge in [-0.3, -0.25) is 4.79 Å². The summed E-state index contributed by atoms with van der Waals surface area (Å²) in [5, 5.41) is 12.5. The standard InChI is InChI=1S/C13H18N2O2/c1-10-4-5-11(14-8-10)15-9-13(12(16)17)6-2-3-7-13/h4-5,8H,2-3,6-7,9H2,1H3,(H,14,15)(H,16,17). The van der Waals surface area contributed by atoms with Gasteiger partial charge in [0.15, 0.2) is 0 Å². The lowest BCUT2D eigenvalue weighted by molar-refractivity contribution is -0.147. The third-order valence-corrected chi connectivity index (χ3v) is 3.53. The van der Waals surface area contributed by atoms with Gasteiger partial charge >= 0.3 is 5.97 Å². The van der Waals surface area contributed by atoms with Crippen molar-refractivity contribution in [3.8, 4) is 0 Å². The first-order valence-corrected chi connectivity index (χ1v) is 6.02. The monoisotopic (exact) mass is 234 g/mol. The number of hydrogen-bond acceptors (Lipinski definition) is 3. The van der Waals surface area contributed by atoms with E-state index in [0.717, 1.165) is 37.1 Å². The number of nitrogens with zero attached hydrogens (tertiary/aromatic N) is 1. The van der Waals surface area contributed by atoms with Gasteiger partial charge in [-0.2, -0.15) is 0 Å². The summed E-state index contributed by atoms with van der Waals surface area (Å²) in [6.45, 7) is 2.45. The van der Waals surface area contributed by atoms with Crippen LogP contribution in [0, 0.1) is 12.3 Å². The summed E-state index contributed by atoms with van der Waals surface area (Å²) in [5.74, 6) is 0.0673. The molecule has 0 aliphatic heterocycles. The van der Waals surface area contributed by atoms with Crippen LogP contribution in [0.25, 0.3) is 0 Å². The van der Waals surface area contributed by atoms with Crippen molar-refractivity contribution in [2.45, 2.75) is 32.6 Å². The molecule has 0 bridgehead atoms. The predicted octanol–water partition coefficient (Wildman–Crippen LogP) is 2.45. The average Bonchev–Trinajstić information content (AvgIpc) is 2.78. The molecular weight excluding hydrogens is 216 g/mol. The van der Waals surface area contributed by atoms with Gasteiger partial charge < -0.3 is 10.4 Å². The Labute approximate surface area is 101 Å². The highest BCUT2D eigenvalue weighted by atomic mass is 16.4. The molecule has 4 heteroatoms. The van der Waals surface area contributed by atoms with E-state index >= 15 is 0 Å². The second-order valence-corrected chi connectivity index (χ2v) is 4.87. The van der Waals surface area contributed by atoms with Crippen molar-refractivity contribution >= 4 is 11.8 Å². The SMILES string of the molecule is Cc1ccc(NCC2(C(=O)O)CCCC2)nc1. The Balaban J connectivity index is 2.00. The van der Waals surface area contributed by atoms with Crippen molar-refractivity contribution in [1.29, 1.82) is 0 Å². The molecule has 0 aromatic carbocycles. The van der Waals surface area contributed by atoms with Gasteiger partial charge in [-0.05, 0) is 31.4 Å². The van der Waals surface area contributed by atoms with E-state index in [1.807, 2.05) is 19.1 Å². The molecule has 1 heterocycles. The van der Waals surface area contributed by atoms with Crippen molar-refractivity contribution in [2.24, 2.45) is 5.41 Å². The number of carboxylic acid groups (broad SMARTS) is 1. The molecule has 1 aliphatic rings. The van der Waals surface area contributed by atoms with Crippen molar-refractivity contribution in [3.05, 3.63) is 23.9 Å². The van der Waals surface area contributed by atoms with Gasteiger partial charge in [-0.15, -0.1) is 0 Å². The van der Waals surface area contributed by atoms with Crippen LogP contribution in [-0.2, 0) is 4.79 Å². The number of pyridine rings is 1. The van der Waals surface area contributed by atoms with Crippen LogP contribution in [0.5, 0.6) is 0 Å². The molecule has 0 radical (unpaired) electrons. The third-order valence-electron chi connectivity index (χ3n) is 3.53. The zero-order chi connectivity index (χ0) is 12.3. The maximum Gasteiger partial charge on any atom is 0.311 e. The Morgan fingerprint density at radius 3 is 2.71 bits per heavy atom. The zero-order valence-electron chi connectivity index (χ0n) is 10.1. The fourth-order valence-electron chi connectivity index (χ4n) is 2.35. The normalized spacial score (nSPS) is 17.9. The van der Waals surface area contributed by atoms with Crippen LogP contribution in [0.4, 0.5) is 5.82 Å². The van der Waals surface area contributed by atoms with E-state index in [-0.39, 0.29) is 0 Å². The minimum Gasteiger partial charge on any atom is -0.481 e. The number of carboxylic acids is 1. The molecule has 92 valence electrons. The maximum atomic E-state index is 11.3. The molecule has 4 nitrogen and oxygen atoms in total. The minimum atomic E-state index is -0.686. The van der Waals surface area contributed by atoms with E-state index in [1.165, 1.54) is 0 Å². The second kappa shape index (κ2) is 4.73. The molecule has 0 saturated heterocycles. The fraction of sp³-hybridized carbons (Fsp3) is 0.538. The highest BCUT2D eigenvalue weighted by Crippen LogP contribution is 2.38. The van der Waals surface area contributed by atoms with E-state index in [9.17, 15) is 9.90 Å².